The first-order chi connectivity index (χ1) is 16.1. The van der Waals surface area contributed by atoms with Gasteiger partial charge in [0, 0.05) is 11.6 Å². The SMILES string of the molecule is Cc1cccc2cc(C(c3nnnn3Cc3ccccc3)N(C)C3CCCCC3)c(=O)[nH]c12. The van der Waals surface area contributed by atoms with E-state index in [1.165, 1.54) is 19.3 Å². The summed E-state index contributed by atoms with van der Waals surface area (Å²) in [6, 6.07) is 18.3. The quantitative estimate of drug-likeness (QED) is 0.484. The Bertz CT molecular complexity index is 1290. The Labute approximate surface area is 193 Å². The van der Waals surface area contributed by atoms with Gasteiger partial charge in [0.25, 0.3) is 5.56 Å². The molecular weight excluding hydrogens is 412 g/mol. The number of aromatic amines is 1. The molecule has 1 saturated carbocycles. The highest BCUT2D eigenvalue weighted by Crippen LogP contribution is 2.32. The van der Waals surface area contributed by atoms with Gasteiger partial charge in [-0.25, -0.2) is 4.68 Å². The fourth-order valence-electron chi connectivity index (χ4n) is 5.12. The molecule has 0 bridgehead atoms. The molecule has 0 radical (unpaired) electrons. The van der Waals surface area contributed by atoms with Gasteiger partial charge in [-0.05, 0) is 59.8 Å². The average Bonchev–Trinajstić information content (AvgIpc) is 3.29. The van der Waals surface area contributed by atoms with Crippen molar-refractivity contribution in [3.05, 3.63) is 87.5 Å². The first-order valence-corrected chi connectivity index (χ1v) is 11.8. The van der Waals surface area contributed by atoms with Gasteiger partial charge in [0.15, 0.2) is 5.82 Å². The van der Waals surface area contributed by atoms with Gasteiger partial charge >= 0.3 is 0 Å². The second-order valence-electron chi connectivity index (χ2n) is 9.13. The van der Waals surface area contributed by atoms with Crippen molar-refractivity contribution in [2.75, 3.05) is 7.05 Å². The van der Waals surface area contributed by atoms with Crippen LogP contribution in [0.5, 0.6) is 0 Å². The topological polar surface area (TPSA) is 79.7 Å². The highest BCUT2D eigenvalue weighted by molar-refractivity contribution is 5.82. The Balaban J connectivity index is 1.62. The van der Waals surface area contributed by atoms with Crippen molar-refractivity contribution in [2.24, 2.45) is 0 Å². The number of rotatable bonds is 6. The minimum Gasteiger partial charge on any atom is -0.321 e. The monoisotopic (exact) mass is 442 g/mol. The van der Waals surface area contributed by atoms with Crippen LogP contribution in [0.1, 0.15) is 60.7 Å². The van der Waals surface area contributed by atoms with Gasteiger partial charge in [-0.3, -0.25) is 9.69 Å². The molecule has 1 atom stereocenters. The molecule has 33 heavy (non-hydrogen) atoms. The molecule has 2 aromatic heterocycles. The summed E-state index contributed by atoms with van der Waals surface area (Å²) in [6.45, 7) is 2.58. The maximum Gasteiger partial charge on any atom is 0.253 e. The van der Waals surface area contributed by atoms with E-state index in [1.54, 1.807) is 0 Å². The van der Waals surface area contributed by atoms with E-state index in [1.807, 2.05) is 54.1 Å². The predicted molar refractivity (Wildman–Crippen MR) is 129 cm³/mol. The van der Waals surface area contributed by atoms with Gasteiger partial charge in [0.2, 0.25) is 0 Å². The van der Waals surface area contributed by atoms with Crippen molar-refractivity contribution >= 4 is 10.9 Å². The van der Waals surface area contributed by atoms with E-state index in [9.17, 15) is 4.79 Å². The van der Waals surface area contributed by atoms with Gasteiger partial charge in [-0.15, -0.1) is 5.10 Å². The molecule has 1 aliphatic rings. The molecule has 1 unspecified atom stereocenters. The lowest BCUT2D eigenvalue weighted by Crippen LogP contribution is -2.40. The van der Waals surface area contributed by atoms with Gasteiger partial charge in [0.1, 0.15) is 6.04 Å². The summed E-state index contributed by atoms with van der Waals surface area (Å²) < 4.78 is 1.83. The predicted octanol–water partition coefficient (Wildman–Crippen LogP) is 4.23. The zero-order valence-electron chi connectivity index (χ0n) is 19.2. The summed E-state index contributed by atoms with van der Waals surface area (Å²) in [5, 5.41) is 13.8. The molecular formula is C26H30N6O. The minimum atomic E-state index is -0.333. The second kappa shape index (κ2) is 9.27. The summed E-state index contributed by atoms with van der Waals surface area (Å²) in [7, 11) is 2.11. The highest BCUT2D eigenvalue weighted by Gasteiger charge is 2.33. The van der Waals surface area contributed by atoms with Crippen LogP contribution in [0.15, 0.2) is 59.4 Å². The third kappa shape index (κ3) is 4.33. The highest BCUT2D eigenvalue weighted by atomic mass is 16.1. The Morgan fingerprint density at radius 3 is 2.67 bits per heavy atom. The van der Waals surface area contributed by atoms with Crippen LogP contribution < -0.4 is 5.56 Å². The molecule has 2 heterocycles. The van der Waals surface area contributed by atoms with E-state index in [-0.39, 0.29) is 11.6 Å². The maximum absolute atomic E-state index is 13.4. The number of hydrogen-bond donors (Lipinski definition) is 1. The molecule has 0 amide bonds. The number of fused-ring (bicyclic) bond motifs is 1. The van der Waals surface area contributed by atoms with E-state index in [2.05, 4.69) is 44.6 Å². The normalized spacial score (nSPS) is 15.8. The first kappa shape index (κ1) is 21.5. The zero-order chi connectivity index (χ0) is 22.8. The van der Waals surface area contributed by atoms with Crippen molar-refractivity contribution in [2.45, 2.75) is 57.7 Å². The number of H-pyrrole nitrogens is 1. The Morgan fingerprint density at radius 2 is 1.88 bits per heavy atom. The van der Waals surface area contributed by atoms with Crippen molar-refractivity contribution in [1.29, 1.82) is 0 Å². The Kier molecular flexibility index (Phi) is 6.05. The number of para-hydroxylation sites is 1. The number of hydrogen-bond acceptors (Lipinski definition) is 5. The van der Waals surface area contributed by atoms with Gasteiger partial charge in [0.05, 0.1) is 12.1 Å². The molecule has 7 heteroatoms. The van der Waals surface area contributed by atoms with Crippen LogP contribution in [0.25, 0.3) is 10.9 Å². The van der Waals surface area contributed by atoms with E-state index < -0.39 is 0 Å². The van der Waals surface area contributed by atoms with Crippen molar-refractivity contribution in [1.82, 2.24) is 30.1 Å². The van der Waals surface area contributed by atoms with Crippen LogP contribution in [0.2, 0.25) is 0 Å². The second-order valence-corrected chi connectivity index (χ2v) is 9.13. The van der Waals surface area contributed by atoms with Crippen LogP contribution in [0, 0.1) is 6.92 Å². The molecule has 0 aliphatic heterocycles. The summed E-state index contributed by atoms with van der Waals surface area (Å²) in [4.78, 5) is 18.9. The van der Waals surface area contributed by atoms with Crippen LogP contribution in [0.3, 0.4) is 0 Å². The van der Waals surface area contributed by atoms with Crippen molar-refractivity contribution in [3.63, 3.8) is 0 Å². The van der Waals surface area contributed by atoms with E-state index in [4.69, 9.17) is 0 Å². The van der Waals surface area contributed by atoms with Gasteiger partial charge in [-0.1, -0.05) is 67.8 Å². The molecule has 2 aromatic carbocycles. The fourth-order valence-corrected chi connectivity index (χ4v) is 5.12. The number of benzene rings is 2. The lowest BCUT2D eigenvalue weighted by molar-refractivity contribution is 0.149. The summed E-state index contributed by atoms with van der Waals surface area (Å²) in [5.74, 6) is 0.699. The number of tetrazole rings is 1. The molecule has 0 spiro atoms. The third-order valence-electron chi connectivity index (χ3n) is 6.95. The number of nitrogens with zero attached hydrogens (tertiary/aromatic N) is 5. The van der Waals surface area contributed by atoms with Crippen molar-refractivity contribution < 1.29 is 0 Å². The number of nitrogens with one attached hydrogen (secondary N) is 1. The Morgan fingerprint density at radius 1 is 1.09 bits per heavy atom. The Hall–Kier alpha value is -3.32. The molecule has 0 saturated heterocycles. The molecule has 1 aliphatic carbocycles. The molecule has 5 rings (SSSR count). The van der Waals surface area contributed by atoms with E-state index in [0.29, 0.717) is 24.0 Å². The van der Waals surface area contributed by atoms with Crippen LogP contribution in [0.4, 0.5) is 0 Å². The number of aryl methyl sites for hydroxylation is 1. The lowest BCUT2D eigenvalue weighted by atomic mass is 9.92. The smallest absolute Gasteiger partial charge is 0.253 e. The summed E-state index contributed by atoms with van der Waals surface area (Å²) in [5.41, 5.74) is 3.66. The van der Waals surface area contributed by atoms with E-state index >= 15 is 0 Å². The van der Waals surface area contributed by atoms with Crippen LogP contribution in [-0.4, -0.2) is 43.2 Å². The fraction of sp³-hybridized carbons (Fsp3) is 0.385. The van der Waals surface area contributed by atoms with Crippen LogP contribution in [-0.2, 0) is 6.54 Å². The number of pyridine rings is 1. The van der Waals surface area contributed by atoms with Gasteiger partial charge in [-0.2, -0.15) is 0 Å². The van der Waals surface area contributed by atoms with Crippen molar-refractivity contribution in [3.8, 4) is 0 Å². The summed E-state index contributed by atoms with van der Waals surface area (Å²) in [6.07, 6.45) is 5.94. The molecule has 170 valence electrons. The lowest BCUT2D eigenvalue weighted by Gasteiger charge is -2.36. The average molecular weight is 443 g/mol. The van der Waals surface area contributed by atoms with Gasteiger partial charge < -0.3 is 4.98 Å². The zero-order valence-corrected chi connectivity index (χ0v) is 19.2. The third-order valence-corrected chi connectivity index (χ3v) is 6.95. The minimum absolute atomic E-state index is 0.0845. The molecule has 1 N–H and O–H groups in total. The number of aromatic nitrogens is 5. The van der Waals surface area contributed by atoms with E-state index in [0.717, 1.165) is 34.9 Å². The molecule has 4 aromatic rings. The maximum atomic E-state index is 13.4. The van der Waals surface area contributed by atoms with Crippen LogP contribution >= 0.6 is 0 Å². The molecule has 1 fully saturated rings. The first-order valence-electron chi connectivity index (χ1n) is 11.8. The summed E-state index contributed by atoms with van der Waals surface area (Å²) >= 11 is 0. The molecule has 7 nitrogen and oxygen atoms in total. The largest absolute Gasteiger partial charge is 0.321 e. The standard InChI is InChI=1S/C26H30N6O/c1-18-10-9-13-20-16-22(26(33)27-23(18)20)24(31(2)21-14-7-4-8-15-21)25-28-29-30-32(25)17-19-11-5-3-6-12-19/h3,5-6,9-13,16,21,24H,4,7-8,14-15,17H2,1-2H3,(H,27,33).